The maximum absolute atomic E-state index is 13.2. The molecule has 0 radical (unpaired) electrons. The number of hydrogen-bond acceptors (Lipinski definition) is 3. The molecule has 0 fully saturated rings. The molecule has 0 saturated heterocycles. The number of aromatic nitrogens is 1. The average molecular weight is 366 g/mol. The molecule has 1 aromatic heterocycles. The molecule has 27 heavy (non-hydrogen) atoms. The highest BCUT2D eigenvalue weighted by Gasteiger charge is 2.21. The maximum atomic E-state index is 13.2. The molecule has 1 heterocycles. The second-order valence-corrected chi connectivity index (χ2v) is 6.91. The summed E-state index contributed by atoms with van der Waals surface area (Å²) in [7, 11) is 0. The van der Waals surface area contributed by atoms with Crippen molar-refractivity contribution in [1.82, 2.24) is 10.3 Å². The van der Waals surface area contributed by atoms with Gasteiger partial charge in [-0.3, -0.25) is 4.79 Å². The van der Waals surface area contributed by atoms with E-state index < -0.39 is 0 Å². The first-order valence-electron chi connectivity index (χ1n) is 9.00. The van der Waals surface area contributed by atoms with E-state index in [9.17, 15) is 9.18 Å². The van der Waals surface area contributed by atoms with Gasteiger partial charge >= 0.3 is 0 Å². The number of hydrogen-bond donors (Lipinski definition) is 1. The third-order valence-corrected chi connectivity index (χ3v) is 4.45. The van der Waals surface area contributed by atoms with E-state index in [-0.39, 0.29) is 30.1 Å². The SMILES string of the molecule is Cc1oc(-c2ccccc2)nc1CC(=O)N[C@@H](c1ccc(F)cc1)C(C)C. The summed E-state index contributed by atoms with van der Waals surface area (Å²) in [5, 5.41) is 3.03. The number of amides is 1. The van der Waals surface area contributed by atoms with E-state index in [0.29, 0.717) is 17.3 Å². The summed E-state index contributed by atoms with van der Waals surface area (Å²) >= 11 is 0. The van der Waals surface area contributed by atoms with Crippen LogP contribution in [0, 0.1) is 18.7 Å². The van der Waals surface area contributed by atoms with E-state index in [1.54, 1.807) is 12.1 Å². The molecule has 0 aliphatic carbocycles. The van der Waals surface area contributed by atoms with Crippen molar-refractivity contribution in [3.63, 3.8) is 0 Å². The Kier molecular flexibility index (Phi) is 5.69. The van der Waals surface area contributed by atoms with Crippen LogP contribution in [0.1, 0.15) is 36.9 Å². The zero-order valence-corrected chi connectivity index (χ0v) is 15.7. The van der Waals surface area contributed by atoms with Crippen LogP contribution < -0.4 is 5.32 Å². The van der Waals surface area contributed by atoms with Gasteiger partial charge in [-0.15, -0.1) is 0 Å². The molecule has 0 spiro atoms. The summed E-state index contributed by atoms with van der Waals surface area (Å²) in [5.74, 6) is 0.868. The van der Waals surface area contributed by atoms with Gasteiger partial charge in [-0.1, -0.05) is 44.2 Å². The highest BCUT2D eigenvalue weighted by atomic mass is 19.1. The number of halogens is 1. The molecule has 1 amide bonds. The van der Waals surface area contributed by atoms with Crippen LogP contribution in [0.5, 0.6) is 0 Å². The van der Waals surface area contributed by atoms with Gasteiger partial charge in [-0.2, -0.15) is 0 Å². The summed E-state index contributed by atoms with van der Waals surface area (Å²) in [6.07, 6.45) is 0.132. The fourth-order valence-corrected chi connectivity index (χ4v) is 2.98. The Morgan fingerprint density at radius 1 is 1.11 bits per heavy atom. The van der Waals surface area contributed by atoms with Crippen molar-refractivity contribution in [3.8, 4) is 11.5 Å². The molecule has 0 bridgehead atoms. The molecule has 0 aliphatic rings. The molecule has 1 N–H and O–H groups in total. The van der Waals surface area contributed by atoms with Crippen molar-refractivity contribution in [1.29, 1.82) is 0 Å². The molecule has 3 aromatic rings. The first kappa shape index (κ1) is 18.8. The van der Waals surface area contributed by atoms with Crippen LogP contribution in [0.15, 0.2) is 59.0 Å². The molecular formula is C22H23FN2O2. The number of oxazole rings is 1. The van der Waals surface area contributed by atoms with E-state index in [1.165, 1.54) is 12.1 Å². The molecule has 0 aliphatic heterocycles. The highest BCUT2D eigenvalue weighted by molar-refractivity contribution is 5.79. The van der Waals surface area contributed by atoms with Crippen LogP contribution >= 0.6 is 0 Å². The Hall–Kier alpha value is -2.95. The highest BCUT2D eigenvalue weighted by Crippen LogP contribution is 2.24. The number of nitrogens with zero attached hydrogens (tertiary/aromatic N) is 1. The lowest BCUT2D eigenvalue weighted by molar-refractivity contribution is -0.121. The number of benzene rings is 2. The van der Waals surface area contributed by atoms with Gasteiger partial charge in [0.25, 0.3) is 0 Å². The van der Waals surface area contributed by atoms with Crippen molar-refractivity contribution >= 4 is 5.91 Å². The Labute approximate surface area is 158 Å². The van der Waals surface area contributed by atoms with Gasteiger partial charge < -0.3 is 9.73 Å². The van der Waals surface area contributed by atoms with Crippen molar-refractivity contribution in [3.05, 3.63) is 77.4 Å². The molecule has 3 rings (SSSR count). The standard InChI is InChI=1S/C22H23FN2O2/c1-14(2)21(16-9-11-18(23)12-10-16)25-20(26)13-19-15(3)27-22(24-19)17-7-5-4-6-8-17/h4-12,14,21H,13H2,1-3H3,(H,25,26)/t21-/m1/s1. The Morgan fingerprint density at radius 3 is 2.41 bits per heavy atom. The third kappa shape index (κ3) is 4.61. The van der Waals surface area contributed by atoms with E-state index in [2.05, 4.69) is 10.3 Å². The van der Waals surface area contributed by atoms with Crippen LogP contribution in [-0.2, 0) is 11.2 Å². The van der Waals surface area contributed by atoms with Gasteiger partial charge in [0.15, 0.2) is 0 Å². The minimum absolute atomic E-state index is 0.132. The van der Waals surface area contributed by atoms with Crippen LogP contribution in [0.3, 0.4) is 0 Å². The fraction of sp³-hybridized carbons (Fsp3) is 0.273. The smallest absolute Gasteiger partial charge is 0.226 e. The zero-order valence-electron chi connectivity index (χ0n) is 15.7. The molecule has 0 saturated carbocycles. The van der Waals surface area contributed by atoms with E-state index >= 15 is 0 Å². The molecule has 5 heteroatoms. The topological polar surface area (TPSA) is 55.1 Å². The minimum atomic E-state index is -0.292. The van der Waals surface area contributed by atoms with Crippen molar-refractivity contribution in [2.75, 3.05) is 0 Å². The molecule has 4 nitrogen and oxygen atoms in total. The predicted octanol–water partition coefficient (Wildman–Crippen LogP) is 4.85. The predicted molar refractivity (Wildman–Crippen MR) is 103 cm³/mol. The first-order valence-corrected chi connectivity index (χ1v) is 9.00. The van der Waals surface area contributed by atoms with E-state index in [1.807, 2.05) is 51.1 Å². The van der Waals surface area contributed by atoms with Crippen molar-refractivity contribution in [2.24, 2.45) is 5.92 Å². The zero-order chi connectivity index (χ0) is 19.4. The third-order valence-electron chi connectivity index (χ3n) is 4.45. The molecule has 140 valence electrons. The van der Waals surface area contributed by atoms with Crippen LogP contribution in [0.4, 0.5) is 4.39 Å². The summed E-state index contributed by atoms with van der Waals surface area (Å²) in [5.41, 5.74) is 2.37. The quantitative estimate of drug-likeness (QED) is 0.679. The number of carbonyl (C=O) groups is 1. The first-order chi connectivity index (χ1) is 12.9. The van der Waals surface area contributed by atoms with E-state index in [0.717, 1.165) is 11.1 Å². The maximum Gasteiger partial charge on any atom is 0.226 e. The number of aryl methyl sites for hydroxylation is 1. The lowest BCUT2D eigenvalue weighted by Crippen LogP contribution is -2.33. The Bertz CT molecular complexity index is 902. The second-order valence-electron chi connectivity index (χ2n) is 6.91. The number of carbonyl (C=O) groups excluding carboxylic acids is 1. The molecule has 2 aromatic carbocycles. The summed E-state index contributed by atoms with van der Waals surface area (Å²) in [6, 6.07) is 15.6. The van der Waals surface area contributed by atoms with E-state index in [4.69, 9.17) is 4.42 Å². The second kappa shape index (κ2) is 8.16. The van der Waals surface area contributed by atoms with Gasteiger partial charge in [0.1, 0.15) is 11.6 Å². The molecule has 0 unspecified atom stereocenters. The van der Waals surface area contributed by atoms with Crippen molar-refractivity contribution in [2.45, 2.75) is 33.2 Å². The van der Waals surface area contributed by atoms with Gasteiger partial charge in [-0.25, -0.2) is 9.37 Å². The summed E-state index contributed by atoms with van der Waals surface area (Å²) < 4.78 is 18.9. The molecular weight excluding hydrogens is 343 g/mol. The average Bonchev–Trinajstić information content (AvgIpc) is 3.01. The van der Waals surface area contributed by atoms with Crippen LogP contribution in [0.2, 0.25) is 0 Å². The van der Waals surface area contributed by atoms with Crippen LogP contribution in [-0.4, -0.2) is 10.9 Å². The Morgan fingerprint density at radius 2 is 1.78 bits per heavy atom. The van der Waals surface area contributed by atoms with Gasteiger partial charge in [0.05, 0.1) is 18.2 Å². The fourth-order valence-electron chi connectivity index (χ4n) is 2.98. The minimum Gasteiger partial charge on any atom is -0.441 e. The van der Waals surface area contributed by atoms with Crippen LogP contribution in [0.25, 0.3) is 11.5 Å². The normalized spacial score (nSPS) is 12.2. The van der Waals surface area contributed by atoms with Gasteiger partial charge in [0, 0.05) is 5.56 Å². The number of rotatable bonds is 6. The monoisotopic (exact) mass is 366 g/mol. The number of nitrogens with one attached hydrogen (secondary N) is 1. The largest absolute Gasteiger partial charge is 0.441 e. The van der Waals surface area contributed by atoms with Crippen molar-refractivity contribution < 1.29 is 13.6 Å². The Balaban J connectivity index is 1.73. The summed E-state index contributed by atoms with van der Waals surface area (Å²) in [4.78, 5) is 17.1. The lowest BCUT2D eigenvalue weighted by atomic mass is 9.96. The van der Waals surface area contributed by atoms with Gasteiger partial charge in [-0.05, 0) is 42.7 Å². The molecule has 1 atom stereocenters. The van der Waals surface area contributed by atoms with Gasteiger partial charge in [0.2, 0.25) is 11.8 Å². The lowest BCUT2D eigenvalue weighted by Gasteiger charge is -2.23. The summed E-state index contributed by atoms with van der Waals surface area (Å²) in [6.45, 7) is 5.84.